The van der Waals surface area contributed by atoms with E-state index in [0.29, 0.717) is 11.3 Å². The molecule has 0 fully saturated rings. The Hall–Kier alpha value is -3.59. The van der Waals surface area contributed by atoms with E-state index in [1.54, 1.807) is 37.3 Å². The SMILES string of the molecule is CCOC(=O)/C(C#N)=C/c1cccc(OC(=O)COc2ccc(C)cc2C)c1. The van der Waals surface area contributed by atoms with Crippen molar-refractivity contribution in [1.82, 2.24) is 0 Å². The molecule has 0 heterocycles. The van der Waals surface area contributed by atoms with Crippen molar-refractivity contribution < 1.29 is 23.8 Å². The molecule has 0 atom stereocenters. The van der Waals surface area contributed by atoms with Crippen LogP contribution >= 0.6 is 0 Å². The van der Waals surface area contributed by atoms with Crippen LogP contribution in [0.2, 0.25) is 0 Å². The second-order valence-electron chi connectivity index (χ2n) is 5.99. The second-order valence-corrected chi connectivity index (χ2v) is 5.99. The van der Waals surface area contributed by atoms with E-state index in [4.69, 9.17) is 19.5 Å². The van der Waals surface area contributed by atoms with Crippen LogP contribution < -0.4 is 9.47 Å². The van der Waals surface area contributed by atoms with Gasteiger partial charge < -0.3 is 14.2 Å². The van der Waals surface area contributed by atoms with Crippen molar-refractivity contribution in [3.63, 3.8) is 0 Å². The Kier molecular flexibility index (Phi) is 7.35. The molecular weight excluding hydrogens is 358 g/mol. The monoisotopic (exact) mass is 379 g/mol. The summed E-state index contributed by atoms with van der Waals surface area (Å²) in [6.45, 7) is 5.48. The van der Waals surface area contributed by atoms with Gasteiger partial charge >= 0.3 is 11.9 Å². The molecule has 0 saturated carbocycles. The Morgan fingerprint density at radius 3 is 2.61 bits per heavy atom. The highest BCUT2D eigenvalue weighted by Crippen LogP contribution is 2.20. The normalized spacial score (nSPS) is 10.7. The van der Waals surface area contributed by atoms with Crippen molar-refractivity contribution >= 4 is 18.0 Å². The third-order valence-electron chi connectivity index (χ3n) is 3.69. The number of benzene rings is 2. The number of carbonyl (C=O) groups is 2. The second kappa shape index (κ2) is 9.93. The van der Waals surface area contributed by atoms with E-state index in [9.17, 15) is 9.59 Å². The minimum atomic E-state index is -0.700. The fourth-order valence-corrected chi connectivity index (χ4v) is 2.44. The number of carbonyl (C=O) groups excluding carboxylic acids is 2. The van der Waals surface area contributed by atoms with Crippen LogP contribution in [0.25, 0.3) is 6.08 Å². The molecule has 2 rings (SSSR count). The van der Waals surface area contributed by atoms with E-state index >= 15 is 0 Å². The van der Waals surface area contributed by atoms with Crippen molar-refractivity contribution in [2.45, 2.75) is 20.8 Å². The van der Waals surface area contributed by atoms with Crippen LogP contribution in [0, 0.1) is 25.2 Å². The van der Waals surface area contributed by atoms with Crippen LogP contribution in [-0.4, -0.2) is 25.2 Å². The van der Waals surface area contributed by atoms with E-state index < -0.39 is 11.9 Å². The van der Waals surface area contributed by atoms with E-state index in [-0.39, 0.29) is 24.5 Å². The molecule has 0 saturated heterocycles. The summed E-state index contributed by atoms with van der Waals surface area (Å²) in [6.07, 6.45) is 1.38. The zero-order chi connectivity index (χ0) is 20.5. The molecule has 0 bridgehead atoms. The van der Waals surface area contributed by atoms with Crippen LogP contribution in [-0.2, 0) is 14.3 Å². The third-order valence-corrected chi connectivity index (χ3v) is 3.69. The number of nitrogens with zero attached hydrogens (tertiary/aromatic N) is 1. The summed E-state index contributed by atoms with van der Waals surface area (Å²) in [7, 11) is 0. The van der Waals surface area contributed by atoms with Gasteiger partial charge in [0.25, 0.3) is 0 Å². The van der Waals surface area contributed by atoms with Gasteiger partial charge in [-0.25, -0.2) is 9.59 Å². The first-order valence-electron chi connectivity index (χ1n) is 8.72. The van der Waals surface area contributed by atoms with Gasteiger partial charge in [-0.15, -0.1) is 0 Å². The molecule has 0 aliphatic heterocycles. The molecule has 0 aliphatic carbocycles. The first-order chi connectivity index (χ1) is 13.4. The summed E-state index contributed by atoms with van der Waals surface area (Å²) in [6, 6.07) is 14.0. The summed E-state index contributed by atoms with van der Waals surface area (Å²) >= 11 is 0. The zero-order valence-corrected chi connectivity index (χ0v) is 16.0. The van der Waals surface area contributed by atoms with E-state index in [1.165, 1.54) is 6.08 Å². The zero-order valence-electron chi connectivity index (χ0n) is 16.0. The van der Waals surface area contributed by atoms with Crippen molar-refractivity contribution in [2.24, 2.45) is 0 Å². The minimum Gasteiger partial charge on any atom is -0.482 e. The molecule has 0 N–H and O–H groups in total. The minimum absolute atomic E-state index is 0.136. The van der Waals surface area contributed by atoms with Crippen LogP contribution in [0.4, 0.5) is 0 Å². The van der Waals surface area contributed by atoms with E-state index in [0.717, 1.165) is 11.1 Å². The van der Waals surface area contributed by atoms with Gasteiger partial charge in [-0.3, -0.25) is 0 Å². The first kappa shape index (κ1) is 20.7. The standard InChI is InChI=1S/C22H21NO5/c1-4-26-22(25)18(13-23)11-17-6-5-7-19(12-17)28-21(24)14-27-20-9-8-15(2)10-16(20)3/h5-12H,4,14H2,1-3H3/b18-11+. The number of ether oxygens (including phenoxy) is 3. The fourth-order valence-electron chi connectivity index (χ4n) is 2.44. The quantitative estimate of drug-likeness (QED) is 0.315. The largest absolute Gasteiger partial charge is 0.482 e. The van der Waals surface area contributed by atoms with Gasteiger partial charge in [-0.05, 0) is 56.2 Å². The van der Waals surface area contributed by atoms with Crippen LogP contribution in [0.5, 0.6) is 11.5 Å². The van der Waals surface area contributed by atoms with Gasteiger partial charge in [-0.2, -0.15) is 5.26 Å². The molecule has 28 heavy (non-hydrogen) atoms. The summed E-state index contributed by atoms with van der Waals surface area (Å²) in [5.74, 6) is -0.363. The molecular formula is C22H21NO5. The van der Waals surface area contributed by atoms with Gasteiger partial charge in [0.2, 0.25) is 0 Å². The summed E-state index contributed by atoms with van der Waals surface area (Å²) < 4.78 is 15.6. The van der Waals surface area contributed by atoms with Gasteiger partial charge in [-0.1, -0.05) is 29.8 Å². The molecule has 2 aromatic carbocycles. The molecule has 0 radical (unpaired) electrons. The molecule has 0 unspecified atom stereocenters. The summed E-state index contributed by atoms with van der Waals surface area (Å²) in [5, 5.41) is 9.10. The lowest BCUT2D eigenvalue weighted by atomic mass is 10.1. The van der Waals surface area contributed by atoms with Crippen LogP contribution in [0.15, 0.2) is 48.0 Å². The molecule has 0 spiro atoms. The third kappa shape index (κ3) is 5.99. The van der Waals surface area contributed by atoms with E-state index in [1.807, 2.05) is 32.0 Å². The molecule has 144 valence electrons. The lowest BCUT2D eigenvalue weighted by Crippen LogP contribution is -2.18. The average Bonchev–Trinajstić information content (AvgIpc) is 2.66. The molecule has 6 heteroatoms. The molecule has 0 aromatic heterocycles. The van der Waals surface area contributed by atoms with Gasteiger partial charge in [0.05, 0.1) is 6.61 Å². The lowest BCUT2D eigenvalue weighted by molar-refractivity contribution is -0.138. The highest BCUT2D eigenvalue weighted by molar-refractivity contribution is 5.97. The average molecular weight is 379 g/mol. The van der Waals surface area contributed by atoms with Crippen molar-refractivity contribution in [3.05, 3.63) is 64.7 Å². The number of hydrogen-bond donors (Lipinski definition) is 0. The number of rotatable bonds is 7. The maximum absolute atomic E-state index is 12.1. The lowest BCUT2D eigenvalue weighted by Gasteiger charge is -2.10. The van der Waals surface area contributed by atoms with Crippen LogP contribution in [0.1, 0.15) is 23.6 Å². The number of hydrogen-bond acceptors (Lipinski definition) is 6. The highest BCUT2D eigenvalue weighted by atomic mass is 16.6. The predicted molar refractivity (Wildman–Crippen MR) is 104 cm³/mol. The smallest absolute Gasteiger partial charge is 0.349 e. The van der Waals surface area contributed by atoms with Gasteiger partial charge in [0.15, 0.2) is 6.61 Å². The maximum Gasteiger partial charge on any atom is 0.349 e. The van der Waals surface area contributed by atoms with Crippen molar-refractivity contribution in [3.8, 4) is 17.6 Å². The summed E-state index contributed by atoms with van der Waals surface area (Å²) in [5.41, 5.74) is 2.44. The maximum atomic E-state index is 12.1. The number of nitriles is 1. The predicted octanol–water partition coefficient (Wildman–Crippen LogP) is 3.76. The Morgan fingerprint density at radius 1 is 1.14 bits per heavy atom. The fraction of sp³-hybridized carbons (Fsp3) is 0.227. The Labute approximate surface area is 164 Å². The number of esters is 2. The topological polar surface area (TPSA) is 85.6 Å². The van der Waals surface area contributed by atoms with E-state index in [2.05, 4.69) is 0 Å². The summed E-state index contributed by atoms with van der Waals surface area (Å²) in [4.78, 5) is 23.8. The first-order valence-corrected chi connectivity index (χ1v) is 8.72. The number of aryl methyl sites for hydroxylation is 2. The van der Waals surface area contributed by atoms with Gasteiger partial charge in [0, 0.05) is 0 Å². The van der Waals surface area contributed by atoms with Crippen molar-refractivity contribution in [2.75, 3.05) is 13.2 Å². The molecule has 0 amide bonds. The Morgan fingerprint density at radius 2 is 1.93 bits per heavy atom. The highest BCUT2D eigenvalue weighted by Gasteiger charge is 2.11. The molecule has 2 aromatic rings. The Balaban J connectivity index is 2.02. The molecule has 6 nitrogen and oxygen atoms in total. The van der Waals surface area contributed by atoms with Crippen LogP contribution in [0.3, 0.4) is 0 Å². The van der Waals surface area contributed by atoms with Gasteiger partial charge in [0.1, 0.15) is 23.1 Å². The molecule has 0 aliphatic rings. The van der Waals surface area contributed by atoms with Crippen molar-refractivity contribution in [1.29, 1.82) is 5.26 Å². The Bertz CT molecular complexity index is 940.